The molecule has 0 spiro atoms. The molecule has 1 fully saturated rings. The van der Waals surface area contributed by atoms with Crippen molar-refractivity contribution in [1.29, 1.82) is 5.26 Å². The molecule has 1 aromatic heterocycles. The molecule has 2 N–H and O–H groups in total. The van der Waals surface area contributed by atoms with E-state index in [0.29, 0.717) is 29.4 Å². The number of nitrogens with zero attached hydrogens (tertiary/aromatic N) is 3. The van der Waals surface area contributed by atoms with Gasteiger partial charge in [-0.3, -0.25) is 0 Å². The number of aliphatic hydroxyl groups excluding tert-OH is 1. The van der Waals surface area contributed by atoms with Gasteiger partial charge in [-0.25, -0.2) is 9.37 Å². The highest BCUT2D eigenvalue weighted by molar-refractivity contribution is 5.51. The van der Waals surface area contributed by atoms with Crippen LogP contribution < -0.4 is 5.32 Å². The second-order valence-electron chi connectivity index (χ2n) is 6.38. The van der Waals surface area contributed by atoms with Crippen LogP contribution in [0.5, 0.6) is 0 Å². The van der Waals surface area contributed by atoms with E-state index < -0.39 is 6.10 Å². The van der Waals surface area contributed by atoms with Gasteiger partial charge < -0.3 is 15.3 Å². The number of nitriles is 1. The predicted octanol–water partition coefficient (Wildman–Crippen LogP) is 2.56. The van der Waals surface area contributed by atoms with Gasteiger partial charge in [0.15, 0.2) is 0 Å². The maximum absolute atomic E-state index is 13.3. The molecular formula is C19H21FN4O. The third-order valence-electron chi connectivity index (χ3n) is 4.52. The first-order valence-electron chi connectivity index (χ1n) is 8.40. The van der Waals surface area contributed by atoms with Crippen LogP contribution in [0.3, 0.4) is 0 Å². The number of hydrogen-bond donors (Lipinski definition) is 2. The minimum atomic E-state index is -0.691. The van der Waals surface area contributed by atoms with E-state index in [1.165, 1.54) is 12.1 Å². The van der Waals surface area contributed by atoms with Crippen LogP contribution in [-0.4, -0.2) is 41.2 Å². The van der Waals surface area contributed by atoms with Crippen LogP contribution in [0.15, 0.2) is 42.6 Å². The average molecular weight is 340 g/mol. The molecular weight excluding hydrogens is 319 g/mol. The summed E-state index contributed by atoms with van der Waals surface area (Å²) in [6.45, 7) is 2.98. The smallest absolute Gasteiger partial charge is 0.143 e. The first-order valence-corrected chi connectivity index (χ1v) is 8.40. The van der Waals surface area contributed by atoms with E-state index in [2.05, 4.69) is 21.3 Å². The number of pyridine rings is 1. The molecule has 1 aliphatic rings. The van der Waals surface area contributed by atoms with Gasteiger partial charge in [-0.05, 0) is 48.7 Å². The molecule has 0 aliphatic carbocycles. The van der Waals surface area contributed by atoms with Crippen LogP contribution in [0.1, 0.15) is 23.7 Å². The fraction of sp³-hybridized carbons (Fsp3) is 0.368. The highest BCUT2D eigenvalue weighted by Crippen LogP contribution is 2.22. The number of likely N-dealkylation sites (tertiary alicyclic amines) is 1. The van der Waals surface area contributed by atoms with E-state index in [-0.39, 0.29) is 5.82 Å². The average Bonchev–Trinajstić information content (AvgIpc) is 3.07. The van der Waals surface area contributed by atoms with E-state index in [0.717, 1.165) is 26.1 Å². The van der Waals surface area contributed by atoms with E-state index in [1.807, 2.05) is 0 Å². The number of anilines is 1. The number of aromatic nitrogens is 1. The lowest BCUT2D eigenvalue weighted by molar-refractivity contribution is 0.124. The first kappa shape index (κ1) is 17.3. The van der Waals surface area contributed by atoms with Gasteiger partial charge in [-0.15, -0.1) is 0 Å². The maximum atomic E-state index is 13.3. The Morgan fingerprint density at radius 3 is 3.08 bits per heavy atom. The van der Waals surface area contributed by atoms with Gasteiger partial charge >= 0.3 is 0 Å². The topological polar surface area (TPSA) is 72.2 Å². The molecule has 0 amide bonds. The predicted molar refractivity (Wildman–Crippen MR) is 93.3 cm³/mol. The van der Waals surface area contributed by atoms with Gasteiger partial charge in [0.05, 0.1) is 11.7 Å². The van der Waals surface area contributed by atoms with Crippen LogP contribution in [-0.2, 0) is 0 Å². The van der Waals surface area contributed by atoms with E-state index >= 15 is 0 Å². The molecule has 0 bridgehead atoms. The van der Waals surface area contributed by atoms with Crippen molar-refractivity contribution >= 4 is 5.82 Å². The Morgan fingerprint density at radius 1 is 1.40 bits per heavy atom. The monoisotopic (exact) mass is 340 g/mol. The fourth-order valence-corrected chi connectivity index (χ4v) is 3.19. The Balaban J connectivity index is 1.49. The largest absolute Gasteiger partial charge is 0.387 e. The van der Waals surface area contributed by atoms with Crippen molar-refractivity contribution < 1.29 is 9.50 Å². The van der Waals surface area contributed by atoms with Crippen LogP contribution in [0.2, 0.25) is 0 Å². The van der Waals surface area contributed by atoms with Crippen molar-refractivity contribution in [2.75, 3.05) is 31.5 Å². The Hall–Kier alpha value is -2.49. The molecule has 0 radical (unpaired) electrons. The number of aliphatic hydroxyl groups is 1. The third kappa shape index (κ3) is 4.53. The summed E-state index contributed by atoms with van der Waals surface area (Å²) in [6.07, 6.45) is 1.99. The number of hydrogen-bond acceptors (Lipinski definition) is 5. The summed E-state index contributed by atoms with van der Waals surface area (Å²) in [4.78, 5) is 6.39. The zero-order valence-corrected chi connectivity index (χ0v) is 13.9. The van der Waals surface area contributed by atoms with Crippen LogP contribution >= 0.6 is 0 Å². The van der Waals surface area contributed by atoms with Gasteiger partial charge in [-0.1, -0.05) is 12.1 Å². The highest BCUT2D eigenvalue weighted by atomic mass is 19.1. The van der Waals surface area contributed by atoms with Gasteiger partial charge in [-0.2, -0.15) is 5.26 Å². The number of nitrogens with one attached hydrogen (secondary N) is 1. The third-order valence-corrected chi connectivity index (χ3v) is 4.52. The number of halogens is 1. The normalized spacial score (nSPS) is 18.7. The maximum Gasteiger partial charge on any atom is 0.143 e. The summed E-state index contributed by atoms with van der Waals surface area (Å²) in [5.41, 5.74) is 1.15. The van der Waals surface area contributed by atoms with Crippen LogP contribution in [0.4, 0.5) is 10.2 Å². The van der Waals surface area contributed by atoms with Crippen molar-refractivity contribution in [2.45, 2.75) is 12.5 Å². The van der Waals surface area contributed by atoms with Crippen LogP contribution in [0.25, 0.3) is 0 Å². The molecule has 0 saturated carbocycles. The molecule has 1 saturated heterocycles. The molecule has 0 unspecified atom stereocenters. The molecule has 6 heteroatoms. The molecule has 5 nitrogen and oxygen atoms in total. The highest BCUT2D eigenvalue weighted by Gasteiger charge is 2.24. The van der Waals surface area contributed by atoms with E-state index in [1.54, 1.807) is 30.5 Å². The summed E-state index contributed by atoms with van der Waals surface area (Å²) in [5, 5.41) is 22.6. The molecule has 25 heavy (non-hydrogen) atoms. The second-order valence-corrected chi connectivity index (χ2v) is 6.38. The zero-order chi connectivity index (χ0) is 17.6. The van der Waals surface area contributed by atoms with Gasteiger partial charge in [0.1, 0.15) is 17.7 Å². The van der Waals surface area contributed by atoms with Gasteiger partial charge in [0.25, 0.3) is 0 Å². The van der Waals surface area contributed by atoms with Crippen molar-refractivity contribution in [2.24, 2.45) is 5.92 Å². The SMILES string of the molecule is N#Cc1cccnc1NC[C@@H]1CCN(C[C@@H](O)c2cccc(F)c2)C1. The Bertz CT molecular complexity index is 761. The molecule has 3 rings (SSSR count). The Kier molecular flexibility index (Phi) is 5.59. The van der Waals surface area contributed by atoms with Crippen LogP contribution in [0, 0.1) is 23.1 Å². The second kappa shape index (κ2) is 8.06. The molecule has 1 aliphatic heterocycles. The lowest BCUT2D eigenvalue weighted by Gasteiger charge is -2.20. The van der Waals surface area contributed by atoms with Crippen molar-refractivity contribution in [3.63, 3.8) is 0 Å². The summed E-state index contributed by atoms with van der Waals surface area (Å²) in [5.74, 6) is 0.709. The minimum Gasteiger partial charge on any atom is -0.387 e. The molecule has 1 aromatic carbocycles. The summed E-state index contributed by atoms with van der Waals surface area (Å²) >= 11 is 0. The van der Waals surface area contributed by atoms with Crippen molar-refractivity contribution in [3.05, 3.63) is 59.5 Å². The quantitative estimate of drug-likeness (QED) is 0.846. The first-order chi connectivity index (χ1) is 12.2. The number of β-amino-alcohol motifs (C(OH)–C–C–N with tert-alkyl or cyclic N) is 1. The molecule has 2 heterocycles. The van der Waals surface area contributed by atoms with E-state index in [4.69, 9.17) is 5.26 Å². The zero-order valence-electron chi connectivity index (χ0n) is 13.9. The number of benzene rings is 1. The summed E-state index contributed by atoms with van der Waals surface area (Å²) in [7, 11) is 0. The van der Waals surface area contributed by atoms with Crippen molar-refractivity contribution in [1.82, 2.24) is 9.88 Å². The Labute approximate surface area is 146 Å². The lowest BCUT2D eigenvalue weighted by atomic mass is 10.1. The minimum absolute atomic E-state index is 0.330. The van der Waals surface area contributed by atoms with Gasteiger partial charge in [0.2, 0.25) is 0 Å². The molecule has 130 valence electrons. The molecule has 2 atom stereocenters. The van der Waals surface area contributed by atoms with Crippen molar-refractivity contribution in [3.8, 4) is 6.07 Å². The van der Waals surface area contributed by atoms with E-state index in [9.17, 15) is 9.50 Å². The van der Waals surface area contributed by atoms with Gasteiger partial charge in [0, 0.05) is 25.8 Å². The Morgan fingerprint density at radius 2 is 2.28 bits per heavy atom. The standard InChI is InChI=1S/C19H21FN4O/c20-17-5-1-3-15(9-17)18(25)13-24-8-6-14(12-24)11-23-19-16(10-21)4-2-7-22-19/h1-5,7,9,14,18,25H,6,8,11-13H2,(H,22,23)/t14-,18+/m0/s1. The fourth-order valence-electron chi connectivity index (χ4n) is 3.19. The lowest BCUT2D eigenvalue weighted by Crippen LogP contribution is -2.28. The number of rotatable bonds is 6. The summed E-state index contributed by atoms with van der Waals surface area (Å²) < 4.78 is 13.3. The molecule has 2 aromatic rings. The summed E-state index contributed by atoms with van der Waals surface area (Å²) in [6, 6.07) is 11.7.